The number of nitrogens with zero attached hydrogens (tertiary/aromatic N) is 5. The van der Waals surface area contributed by atoms with Crippen LogP contribution >= 0.6 is 24.0 Å². The number of benzene rings is 2. The van der Waals surface area contributed by atoms with E-state index in [1.807, 2.05) is 35.4 Å². The van der Waals surface area contributed by atoms with Crippen molar-refractivity contribution in [2.75, 3.05) is 13.6 Å². The molecule has 2 aromatic heterocycles. The quantitative estimate of drug-likeness (QED) is 0.158. The first kappa shape index (κ1) is 22.8. The zero-order valence-electron chi connectivity index (χ0n) is 17.6. The van der Waals surface area contributed by atoms with Crippen LogP contribution in [0, 0.1) is 0 Å². The number of nitrogens with one attached hydrogen (secondary N) is 2. The summed E-state index contributed by atoms with van der Waals surface area (Å²) in [5.41, 5.74) is 4.70. The molecule has 0 aliphatic rings. The molecule has 7 nitrogen and oxygen atoms in total. The molecule has 2 N–H and O–H groups in total. The van der Waals surface area contributed by atoms with Gasteiger partial charge in [0.2, 0.25) is 0 Å². The van der Waals surface area contributed by atoms with Crippen molar-refractivity contribution in [2.45, 2.75) is 26.1 Å². The third kappa shape index (κ3) is 6.06. The third-order valence-electron chi connectivity index (χ3n) is 5.08. The van der Waals surface area contributed by atoms with E-state index in [1.165, 1.54) is 16.6 Å². The molecule has 0 fully saturated rings. The van der Waals surface area contributed by atoms with E-state index < -0.39 is 0 Å². The molecule has 2 aromatic carbocycles. The van der Waals surface area contributed by atoms with Crippen molar-refractivity contribution in [3.63, 3.8) is 0 Å². The van der Waals surface area contributed by atoms with Crippen molar-refractivity contribution >= 4 is 41.0 Å². The molecule has 0 spiro atoms. The minimum Gasteiger partial charge on any atom is -0.356 e. The van der Waals surface area contributed by atoms with Crippen molar-refractivity contribution < 1.29 is 0 Å². The van der Waals surface area contributed by atoms with Crippen molar-refractivity contribution in [1.82, 2.24) is 30.0 Å². The molecule has 4 rings (SSSR count). The van der Waals surface area contributed by atoms with Gasteiger partial charge in [0, 0.05) is 39.1 Å². The lowest BCUT2D eigenvalue weighted by atomic mass is 10.1. The van der Waals surface area contributed by atoms with Gasteiger partial charge in [-0.2, -0.15) is 5.10 Å². The highest BCUT2D eigenvalue weighted by atomic mass is 127. The van der Waals surface area contributed by atoms with Crippen LogP contribution in [0.4, 0.5) is 0 Å². The van der Waals surface area contributed by atoms with Gasteiger partial charge in [-0.05, 0) is 35.7 Å². The smallest absolute Gasteiger partial charge is 0.191 e. The highest BCUT2D eigenvalue weighted by molar-refractivity contribution is 14.0. The maximum absolute atomic E-state index is 4.45. The molecular weight excluding hydrogens is 501 g/mol. The zero-order valence-corrected chi connectivity index (χ0v) is 19.9. The summed E-state index contributed by atoms with van der Waals surface area (Å²) < 4.78 is 4.13. The largest absolute Gasteiger partial charge is 0.356 e. The summed E-state index contributed by atoms with van der Waals surface area (Å²) in [6, 6.07) is 18.6. The van der Waals surface area contributed by atoms with Crippen LogP contribution in [-0.2, 0) is 19.6 Å². The summed E-state index contributed by atoms with van der Waals surface area (Å²) in [4.78, 5) is 8.80. The molecule has 0 saturated carbocycles. The highest BCUT2D eigenvalue weighted by Crippen LogP contribution is 2.12. The second-order valence-corrected chi connectivity index (χ2v) is 7.11. The molecule has 2 heterocycles. The fourth-order valence-corrected chi connectivity index (χ4v) is 3.50. The van der Waals surface area contributed by atoms with Crippen LogP contribution in [0.3, 0.4) is 0 Å². The van der Waals surface area contributed by atoms with Crippen LogP contribution < -0.4 is 10.6 Å². The van der Waals surface area contributed by atoms with Gasteiger partial charge < -0.3 is 15.2 Å². The fourth-order valence-electron chi connectivity index (χ4n) is 3.50. The van der Waals surface area contributed by atoms with E-state index >= 15 is 0 Å². The monoisotopic (exact) mass is 529 g/mol. The van der Waals surface area contributed by atoms with Crippen molar-refractivity contribution in [3.8, 4) is 0 Å². The van der Waals surface area contributed by atoms with E-state index in [9.17, 15) is 0 Å². The van der Waals surface area contributed by atoms with E-state index in [1.54, 1.807) is 13.2 Å². The first-order valence-corrected chi connectivity index (χ1v) is 10.2. The fraction of sp³-hybridized carbons (Fsp3) is 0.261. The lowest BCUT2D eigenvalue weighted by Gasteiger charge is -2.14. The SMILES string of the molecule is CN=C(NCCCn1cnc2ccccc21)NCc1ccccc1Cn1cccn1.I. The van der Waals surface area contributed by atoms with Gasteiger partial charge in [-0.25, -0.2) is 4.98 Å². The van der Waals surface area contributed by atoms with Gasteiger partial charge in [0.15, 0.2) is 5.96 Å². The Balaban J connectivity index is 0.00000272. The lowest BCUT2D eigenvalue weighted by Crippen LogP contribution is -2.37. The number of rotatable bonds is 8. The molecule has 162 valence electrons. The Bertz CT molecular complexity index is 1100. The van der Waals surface area contributed by atoms with E-state index in [2.05, 4.69) is 66.7 Å². The van der Waals surface area contributed by atoms with Gasteiger partial charge in [-0.3, -0.25) is 9.67 Å². The van der Waals surface area contributed by atoms with Crippen LogP contribution in [-0.4, -0.2) is 38.9 Å². The minimum atomic E-state index is 0. The summed E-state index contributed by atoms with van der Waals surface area (Å²) >= 11 is 0. The first-order valence-electron chi connectivity index (χ1n) is 10.2. The average molecular weight is 529 g/mol. The average Bonchev–Trinajstić information content (AvgIpc) is 3.44. The molecule has 0 bridgehead atoms. The van der Waals surface area contributed by atoms with Crippen LogP contribution in [0.2, 0.25) is 0 Å². The first-order chi connectivity index (χ1) is 14.8. The van der Waals surface area contributed by atoms with E-state index in [-0.39, 0.29) is 24.0 Å². The summed E-state index contributed by atoms with van der Waals surface area (Å²) in [7, 11) is 1.80. The van der Waals surface area contributed by atoms with Gasteiger partial charge in [0.1, 0.15) is 0 Å². The number of aryl methyl sites for hydroxylation is 1. The predicted molar refractivity (Wildman–Crippen MR) is 136 cm³/mol. The highest BCUT2D eigenvalue weighted by Gasteiger charge is 2.05. The van der Waals surface area contributed by atoms with Crippen molar-refractivity contribution in [3.05, 3.63) is 84.4 Å². The molecule has 0 aliphatic heterocycles. The standard InChI is InChI=1S/C23H27N7.HI/c1-24-23(25-12-6-14-29-18-27-21-10-4-5-11-22(21)29)26-16-19-8-2-3-9-20(19)17-30-15-7-13-28-30;/h2-5,7-11,13,15,18H,6,12,14,16-17H2,1H3,(H2,24,25,26);1H. The summed E-state index contributed by atoms with van der Waals surface area (Å²) in [5, 5.41) is 11.1. The van der Waals surface area contributed by atoms with E-state index in [4.69, 9.17) is 0 Å². The van der Waals surface area contributed by atoms with Crippen molar-refractivity contribution in [1.29, 1.82) is 0 Å². The molecule has 0 atom stereocenters. The maximum Gasteiger partial charge on any atom is 0.191 e. The Morgan fingerprint density at radius 3 is 2.61 bits per heavy atom. The number of guanidine groups is 1. The topological polar surface area (TPSA) is 72.1 Å². The molecule has 0 amide bonds. The van der Waals surface area contributed by atoms with Crippen LogP contribution in [0.1, 0.15) is 17.5 Å². The number of hydrogen-bond donors (Lipinski definition) is 2. The Kier molecular flexibility index (Phi) is 8.45. The van der Waals surface area contributed by atoms with Gasteiger partial charge in [-0.1, -0.05) is 36.4 Å². The Labute approximate surface area is 199 Å². The summed E-state index contributed by atoms with van der Waals surface area (Å²) in [6.45, 7) is 3.22. The number of hydrogen-bond acceptors (Lipinski definition) is 3. The van der Waals surface area contributed by atoms with Crippen LogP contribution in [0.25, 0.3) is 11.0 Å². The normalized spacial score (nSPS) is 11.3. The summed E-state index contributed by atoms with van der Waals surface area (Å²) in [6.07, 6.45) is 6.68. The minimum absolute atomic E-state index is 0. The number of aromatic nitrogens is 4. The van der Waals surface area contributed by atoms with Crippen LogP contribution in [0.5, 0.6) is 0 Å². The molecule has 31 heavy (non-hydrogen) atoms. The van der Waals surface area contributed by atoms with Gasteiger partial charge >= 0.3 is 0 Å². The second-order valence-electron chi connectivity index (χ2n) is 7.11. The molecule has 0 saturated heterocycles. The zero-order chi connectivity index (χ0) is 20.6. The van der Waals surface area contributed by atoms with Gasteiger partial charge in [0.05, 0.1) is 23.9 Å². The van der Waals surface area contributed by atoms with Crippen LogP contribution in [0.15, 0.2) is 78.3 Å². The molecular formula is C23H28IN7. The number of halogens is 1. The lowest BCUT2D eigenvalue weighted by molar-refractivity contribution is 0.636. The number of fused-ring (bicyclic) bond motifs is 1. The summed E-state index contributed by atoms with van der Waals surface area (Å²) in [5.74, 6) is 0.805. The molecule has 4 aromatic rings. The second kappa shape index (κ2) is 11.5. The third-order valence-corrected chi connectivity index (χ3v) is 5.08. The number of imidazole rings is 1. The molecule has 0 radical (unpaired) electrons. The Morgan fingerprint density at radius 1 is 1.00 bits per heavy atom. The van der Waals surface area contributed by atoms with E-state index in [0.717, 1.165) is 37.5 Å². The van der Waals surface area contributed by atoms with Crippen molar-refractivity contribution in [2.24, 2.45) is 4.99 Å². The number of aliphatic imine (C=N–C) groups is 1. The van der Waals surface area contributed by atoms with Gasteiger partial charge in [-0.15, -0.1) is 24.0 Å². The molecule has 8 heteroatoms. The Morgan fingerprint density at radius 2 is 1.81 bits per heavy atom. The number of para-hydroxylation sites is 2. The molecule has 0 unspecified atom stereocenters. The molecule has 0 aliphatic carbocycles. The predicted octanol–water partition coefficient (Wildman–Crippen LogP) is 3.65. The Hall–Kier alpha value is -2.88. The maximum atomic E-state index is 4.45. The van der Waals surface area contributed by atoms with E-state index in [0.29, 0.717) is 6.54 Å². The van der Waals surface area contributed by atoms with Gasteiger partial charge in [0.25, 0.3) is 0 Å².